The van der Waals surface area contributed by atoms with Gasteiger partial charge in [-0.2, -0.15) is 5.26 Å². The molecule has 0 rings (SSSR count). The Morgan fingerprint density at radius 2 is 2.08 bits per heavy atom. The predicted octanol–water partition coefficient (Wildman–Crippen LogP) is 0.148. The molecule has 68 valence electrons. The largest absolute Gasteiger partial charge is 0.441 e. The average molecular weight is 171 g/mol. The number of carbonyl (C=O) groups excluding carboxylic acids is 1. The number of rotatable bonds is 3. The zero-order chi connectivity index (χ0) is 9.78. The summed E-state index contributed by atoms with van der Waals surface area (Å²) in [7, 11) is 5.81. The third-order valence-electron chi connectivity index (χ3n) is 1.17. The second-order valence-corrected chi connectivity index (χ2v) is 3.70. The topological polar surface area (TPSA) is 50.1 Å². The second-order valence-electron chi connectivity index (χ2n) is 3.70. The fourth-order valence-electron chi connectivity index (χ4n) is 0.802. The number of likely N-dealkylation sites (N-methyl/N-ethyl adjacent to an activating group) is 1. The van der Waals surface area contributed by atoms with Crippen LogP contribution >= 0.6 is 0 Å². The molecule has 0 radical (unpaired) electrons. The lowest BCUT2D eigenvalue weighted by molar-refractivity contribution is -0.872. The summed E-state index contributed by atoms with van der Waals surface area (Å²) in [6.07, 6.45) is -0.637. The summed E-state index contributed by atoms with van der Waals surface area (Å²) in [5, 5.41) is 8.60. The van der Waals surface area contributed by atoms with Gasteiger partial charge in [0.25, 0.3) is 0 Å². The van der Waals surface area contributed by atoms with E-state index in [4.69, 9.17) is 10.00 Å². The first-order chi connectivity index (χ1) is 5.35. The summed E-state index contributed by atoms with van der Waals surface area (Å²) in [4.78, 5) is 10.5. The van der Waals surface area contributed by atoms with Crippen LogP contribution in [0.4, 0.5) is 0 Å². The van der Waals surface area contributed by atoms with Crippen molar-refractivity contribution in [2.24, 2.45) is 0 Å². The van der Waals surface area contributed by atoms with Gasteiger partial charge in [0.05, 0.1) is 21.1 Å². The molecule has 4 nitrogen and oxygen atoms in total. The quantitative estimate of drug-likeness (QED) is 0.448. The van der Waals surface area contributed by atoms with Crippen LogP contribution in [0.15, 0.2) is 0 Å². The van der Waals surface area contributed by atoms with Gasteiger partial charge in [0, 0.05) is 6.92 Å². The van der Waals surface area contributed by atoms with Gasteiger partial charge in [0.2, 0.25) is 6.10 Å². The molecule has 0 aliphatic heterocycles. The van der Waals surface area contributed by atoms with Gasteiger partial charge in [0.1, 0.15) is 12.6 Å². The Morgan fingerprint density at radius 3 is 2.33 bits per heavy atom. The Kier molecular flexibility index (Phi) is 3.71. The molecule has 0 aliphatic rings. The molecule has 12 heavy (non-hydrogen) atoms. The summed E-state index contributed by atoms with van der Waals surface area (Å²) in [5.74, 6) is -0.407. The predicted molar refractivity (Wildman–Crippen MR) is 44.1 cm³/mol. The summed E-state index contributed by atoms with van der Waals surface area (Å²) in [5.41, 5.74) is 0. The molecule has 0 aromatic rings. The number of nitrogens with zero attached hydrogens (tertiary/aromatic N) is 2. The molecule has 0 saturated heterocycles. The van der Waals surface area contributed by atoms with Gasteiger partial charge in [-0.25, -0.2) is 0 Å². The Hall–Kier alpha value is -1.08. The zero-order valence-electron chi connectivity index (χ0n) is 8.00. The smallest absolute Gasteiger partial charge is 0.304 e. The van der Waals surface area contributed by atoms with Gasteiger partial charge >= 0.3 is 5.97 Å². The van der Waals surface area contributed by atoms with Gasteiger partial charge in [0.15, 0.2) is 0 Å². The van der Waals surface area contributed by atoms with Gasteiger partial charge in [-0.3, -0.25) is 4.79 Å². The number of hydrogen-bond donors (Lipinski definition) is 0. The van der Waals surface area contributed by atoms with Crippen LogP contribution in [0.25, 0.3) is 0 Å². The van der Waals surface area contributed by atoms with Crippen LogP contribution in [0.3, 0.4) is 0 Å². The van der Waals surface area contributed by atoms with Crippen LogP contribution in [0.5, 0.6) is 0 Å². The van der Waals surface area contributed by atoms with Crippen molar-refractivity contribution >= 4 is 5.97 Å². The van der Waals surface area contributed by atoms with E-state index in [1.165, 1.54) is 6.92 Å². The fraction of sp³-hybridized carbons (Fsp3) is 0.750. The SMILES string of the molecule is CC(=O)OC(C#N)C[N+](C)(C)C. The third-order valence-corrected chi connectivity index (χ3v) is 1.17. The van der Waals surface area contributed by atoms with E-state index in [9.17, 15) is 4.79 Å². The minimum atomic E-state index is -0.637. The van der Waals surface area contributed by atoms with Gasteiger partial charge < -0.3 is 9.22 Å². The van der Waals surface area contributed by atoms with E-state index in [-0.39, 0.29) is 0 Å². The van der Waals surface area contributed by atoms with Crippen LogP contribution in [-0.4, -0.2) is 44.2 Å². The lowest BCUT2D eigenvalue weighted by Crippen LogP contribution is -2.42. The van der Waals surface area contributed by atoms with Crippen LogP contribution in [0.2, 0.25) is 0 Å². The maximum Gasteiger partial charge on any atom is 0.304 e. The van der Waals surface area contributed by atoms with Crippen LogP contribution in [0.1, 0.15) is 6.92 Å². The van der Waals surface area contributed by atoms with Gasteiger partial charge in [-0.05, 0) is 0 Å². The minimum Gasteiger partial charge on any atom is -0.441 e. The Labute approximate surface area is 72.9 Å². The number of ether oxygens (including phenoxy) is 1. The molecular formula is C8H15N2O2+. The van der Waals surface area contributed by atoms with E-state index in [0.29, 0.717) is 11.0 Å². The molecule has 0 aromatic heterocycles. The van der Waals surface area contributed by atoms with E-state index in [2.05, 4.69) is 0 Å². The first kappa shape index (κ1) is 10.9. The molecule has 1 atom stereocenters. The highest BCUT2D eigenvalue weighted by Crippen LogP contribution is 1.98. The maximum absolute atomic E-state index is 10.5. The summed E-state index contributed by atoms with van der Waals surface area (Å²) < 4.78 is 5.36. The summed E-state index contributed by atoms with van der Waals surface area (Å²) in [6.45, 7) is 1.82. The molecule has 0 N–H and O–H groups in total. The van der Waals surface area contributed by atoms with Crippen molar-refractivity contribution in [1.82, 2.24) is 0 Å². The number of nitriles is 1. The molecular weight excluding hydrogens is 156 g/mol. The fourth-order valence-corrected chi connectivity index (χ4v) is 0.802. The van der Waals surface area contributed by atoms with Crippen LogP contribution in [0, 0.1) is 11.3 Å². The first-order valence-electron chi connectivity index (χ1n) is 3.72. The lowest BCUT2D eigenvalue weighted by Gasteiger charge is -2.25. The highest BCUT2D eigenvalue weighted by molar-refractivity contribution is 5.66. The molecule has 0 fully saturated rings. The highest BCUT2D eigenvalue weighted by atomic mass is 16.5. The second kappa shape index (κ2) is 4.07. The van der Waals surface area contributed by atoms with Crippen molar-refractivity contribution in [3.05, 3.63) is 0 Å². The molecule has 0 heterocycles. The van der Waals surface area contributed by atoms with Crippen molar-refractivity contribution in [1.29, 1.82) is 5.26 Å². The number of hydrogen-bond acceptors (Lipinski definition) is 3. The molecule has 0 aromatic carbocycles. The molecule has 1 unspecified atom stereocenters. The average Bonchev–Trinajstić information content (AvgIpc) is 1.82. The Bertz CT molecular complexity index is 200. The number of esters is 1. The molecule has 0 amide bonds. The van der Waals surface area contributed by atoms with Gasteiger partial charge in [-0.15, -0.1) is 0 Å². The van der Waals surface area contributed by atoms with Crippen molar-refractivity contribution < 1.29 is 14.0 Å². The molecule has 0 spiro atoms. The minimum absolute atomic E-state index is 0.407. The number of carbonyl (C=O) groups is 1. The molecule has 0 aliphatic carbocycles. The molecule has 0 bridgehead atoms. The third kappa shape index (κ3) is 5.69. The summed E-state index contributed by atoms with van der Waals surface area (Å²) in [6, 6.07) is 1.93. The molecule has 4 heteroatoms. The van der Waals surface area contributed by atoms with Crippen LogP contribution < -0.4 is 0 Å². The van der Waals surface area contributed by atoms with Crippen molar-refractivity contribution in [2.45, 2.75) is 13.0 Å². The zero-order valence-corrected chi connectivity index (χ0v) is 8.00. The van der Waals surface area contributed by atoms with Crippen LogP contribution in [-0.2, 0) is 9.53 Å². The Balaban J connectivity index is 4.03. The lowest BCUT2D eigenvalue weighted by atomic mass is 10.3. The van der Waals surface area contributed by atoms with E-state index in [0.717, 1.165) is 0 Å². The number of quaternary nitrogens is 1. The summed E-state index contributed by atoms with van der Waals surface area (Å²) >= 11 is 0. The first-order valence-corrected chi connectivity index (χ1v) is 3.72. The molecule has 0 saturated carbocycles. The van der Waals surface area contributed by atoms with Gasteiger partial charge in [-0.1, -0.05) is 0 Å². The Morgan fingerprint density at radius 1 is 1.58 bits per heavy atom. The van der Waals surface area contributed by atoms with Crippen molar-refractivity contribution in [2.75, 3.05) is 27.7 Å². The van der Waals surface area contributed by atoms with E-state index < -0.39 is 12.1 Å². The van der Waals surface area contributed by atoms with E-state index >= 15 is 0 Å². The van der Waals surface area contributed by atoms with E-state index in [1.54, 1.807) is 0 Å². The highest BCUT2D eigenvalue weighted by Gasteiger charge is 2.19. The maximum atomic E-state index is 10.5. The monoisotopic (exact) mass is 171 g/mol. The normalized spacial score (nSPS) is 13.2. The van der Waals surface area contributed by atoms with Crippen molar-refractivity contribution in [3.8, 4) is 6.07 Å². The standard InChI is InChI=1S/C8H15N2O2/c1-7(11)12-8(5-9)6-10(2,3)4/h8H,6H2,1-4H3/q+1. The van der Waals surface area contributed by atoms with E-state index in [1.807, 2.05) is 27.2 Å². The van der Waals surface area contributed by atoms with Crippen molar-refractivity contribution in [3.63, 3.8) is 0 Å².